The first kappa shape index (κ1) is 19.2. The first-order chi connectivity index (χ1) is 12.6. The largest absolute Gasteiger partial charge is 0.482 e. The van der Waals surface area contributed by atoms with Gasteiger partial charge in [-0.3, -0.25) is 0 Å². The van der Waals surface area contributed by atoms with E-state index in [0.29, 0.717) is 11.3 Å². The first-order valence-electron chi connectivity index (χ1n) is 7.87. The van der Waals surface area contributed by atoms with Gasteiger partial charge < -0.3 is 19.0 Å². The molecular formula is C20H20O6. The van der Waals surface area contributed by atoms with E-state index in [1.807, 2.05) is 37.3 Å². The van der Waals surface area contributed by atoms with Crippen LogP contribution >= 0.6 is 0 Å². The van der Waals surface area contributed by atoms with E-state index in [2.05, 4.69) is 4.74 Å². The molecule has 0 saturated heterocycles. The van der Waals surface area contributed by atoms with Gasteiger partial charge in [0, 0.05) is 30.2 Å². The van der Waals surface area contributed by atoms with Crippen LogP contribution in [0.5, 0.6) is 5.75 Å². The van der Waals surface area contributed by atoms with Crippen LogP contribution in [0, 0.1) is 6.92 Å². The summed E-state index contributed by atoms with van der Waals surface area (Å²) >= 11 is 0. The zero-order chi connectivity index (χ0) is 19.1. The lowest BCUT2D eigenvalue weighted by molar-refractivity contribution is -0.142. The number of fused-ring (bicyclic) bond motifs is 1. The molecule has 3 rings (SSSR count). The number of methoxy groups -OCH3 is 1. The Kier molecular flexibility index (Phi) is 6.52. The molecule has 0 saturated carbocycles. The number of carbonyl (C=O) groups excluding carboxylic acids is 1. The van der Waals surface area contributed by atoms with Gasteiger partial charge in [-0.05, 0) is 30.2 Å². The lowest BCUT2D eigenvalue weighted by Crippen LogP contribution is -2.12. The van der Waals surface area contributed by atoms with Crippen molar-refractivity contribution in [1.82, 2.24) is 0 Å². The number of ether oxygens (including phenoxy) is 2. The van der Waals surface area contributed by atoms with E-state index in [1.165, 1.54) is 13.2 Å². The van der Waals surface area contributed by atoms with E-state index < -0.39 is 11.6 Å². The van der Waals surface area contributed by atoms with Crippen LogP contribution in [0.1, 0.15) is 5.56 Å². The number of esters is 1. The van der Waals surface area contributed by atoms with Gasteiger partial charge in [0.15, 0.2) is 6.61 Å². The number of aryl methyl sites for hydroxylation is 1. The summed E-state index contributed by atoms with van der Waals surface area (Å²) in [5.74, 6) is -0.0526. The lowest BCUT2D eigenvalue weighted by atomic mass is 9.98. The molecular weight excluding hydrogens is 336 g/mol. The van der Waals surface area contributed by atoms with Gasteiger partial charge in [0.1, 0.15) is 11.3 Å². The fraction of sp³-hybridized carbons (Fsp3) is 0.200. The molecule has 6 nitrogen and oxygen atoms in total. The molecule has 136 valence electrons. The molecule has 2 aromatic carbocycles. The molecule has 1 heterocycles. The summed E-state index contributed by atoms with van der Waals surface area (Å²) in [6.07, 6.45) is 0. The highest BCUT2D eigenvalue weighted by molar-refractivity contribution is 5.94. The van der Waals surface area contributed by atoms with Crippen LogP contribution in [0.15, 0.2) is 57.7 Å². The molecule has 0 amide bonds. The number of aliphatic hydroxyl groups excluding tert-OH is 1. The monoisotopic (exact) mass is 356 g/mol. The highest BCUT2D eigenvalue weighted by atomic mass is 16.6. The standard InChI is InChI=1S/C19H16O5.CH4O/c1-12-5-3-4-6-14(12)16-10-18(20)24-17-9-13(7-8-15(16)17)23-11-19(21)22-2;1-2/h3-10H,11H2,1-2H3;2H,1H3. The molecule has 1 N–H and O–H groups in total. The van der Waals surface area contributed by atoms with E-state index in [4.69, 9.17) is 14.3 Å². The van der Waals surface area contributed by atoms with Crippen LogP contribution in [0.3, 0.4) is 0 Å². The Bertz CT molecular complexity index is 958. The van der Waals surface area contributed by atoms with Gasteiger partial charge in [-0.1, -0.05) is 24.3 Å². The Morgan fingerprint density at radius 1 is 1.08 bits per heavy atom. The van der Waals surface area contributed by atoms with E-state index in [-0.39, 0.29) is 6.61 Å². The van der Waals surface area contributed by atoms with Gasteiger partial charge in [-0.25, -0.2) is 9.59 Å². The fourth-order valence-corrected chi connectivity index (χ4v) is 2.53. The van der Waals surface area contributed by atoms with Gasteiger partial charge in [-0.15, -0.1) is 0 Å². The number of hydrogen-bond donors (Lipinski definition) is 1. The topological polar surface area (TPSA) is 86.0 Å². The third-order valence-corrected chi connectivity index (χ3v) is 3.74. The Hall–Kier alpha value is -3.12. The molecule has 1 aromatic heterocycles. The van der Waals surface area contributed by atoms with Crippen LogP contribution in [0.4, 0.5) is 0 Å². The highest BCUT2D eigenvalue weighted by Gasteiger charge is 2.11. The van der Waals surface area contributed by atoms with Crippen LogP contribution in [-0.2, 0) is 9.53 Å². The van der Waals surface area contributed by atoms with Crippen molar-refractivity contribution >= 4 is 16.9 Å². The van der Waals surface area contributed by atoms with E-state index in [0.717, 1.165) is 29.2 Å². The van der Waals surface area contributed by atoms with Gasteiger partial charge >= 0.3 is 11.6 Å². The quantitative estimate of drug-likeness (QED) is 0.571. The number of benzene rings is 2. The van der Waals surface area contributed by atoms with Crippen molar-refractivity contribution in [2.24, 2.45) is 0 Å². The molecule has 3 aromatic rings. The van der Waals surface area contributed by atoms with Gasteiger partial charge in [0.05, 0.1) is 7.11 Å². The molecule has 0 bridgehead atoms. The summed E-state index contributed by atoms with van der Waals surface area (Å²) in [6.45, 7) is 1.79. The summed E-state index contributed by atoms with van der Waals surface area (Å²) in [5, 5.41) is 7.80. The predicted molar refractivity (Wildman–Crippen MR) is 98.3 cm³/mol. The summed E-state index contributed by atoms with van der Waals surface area (Å²) in [5.41, 5.74) is 2.81. The maximum atomic E-state index is 11.9. The molecule has 26 heavy (non-hydrogen) atoms. The van der Waals surface area contributed by atoms with E-state index in [9.17, 15) is 9.59 Å². The van der Waals surface area contributed by atoms with Gasteiger partial charge in [0.25, 0.3) is 0 Å². The fourth-order valence-electron chi connectivity index (χ4n) is 2.53. The summed E-state index contributed by atoms with van der Waals surface area (Å²) in [4.78, 5) is 23.1. The predicted octanol–water partition coefficient (Wildman–Crippen LogP) is 2.93. The van der Waals surface area contributed by atoms with Crippen molar-refractivity contribution < 1.29 is 23.8 Å². The van der Waals surface area contributed by atoms with Crippen molar-refractivity contribution in [3.63, 3.8) is 0 Å². The van der Waals surface area contributed by atoms with Crippen molar-refractivity contribution in [3.05, 3.63) is 64.5 Å². The normalized spacial score (nSPS) is 10.0. The van der Waals surface area contributed by atoms with Crippen LogP contribution in [0.2, 0.25) is 0 Å². The maximum absolute atomic E-state index is 11.9. The van der Waals surface area contributed by atoms with Crippen molar-refractivity contribution in [2.75, 3.05) is 20.8 Å². The Morgan fingerprint density at radius 3 is 2.50 bits per heavy atom. The van der Waals surface area contributed by atoms with E-state index >= 15 is 0 Å². The molecule has 0 unspecified atom stereocenters. The minimum atomic E-state index is -0.481. The molecule has 6 heteroatoms. The third-order valence-electron chi connectivity index (χ3n) is 3.74. The maximum Gasteiger partial charge on any atom is 0.343 e. The van der Waals surface area contributed by atoms with Crippen molar-refractivity contribution in [2.45, 2.75) is 6.92 Å². The molecule has 0 aliphatic carbocycles. The summed E-state index contributed by atoms with van der Waals surface area (Å²) in [7, 11) is 2.29. The second kappa shape index (κ2) is 8.82. The Labute approximate surface area is 150 Å². The second-order valence-corrected chi connectivity index (χ2v) is 5.32. The van der Waals surface area contributed by atoms with Gasteiger partial charge in [-0.2, -0.15) is 0 Å². The summed E-state index contributed by atoms with van der Waals surface area (Å²) in [6, 6.07) is 14.5. The lowest BCUT2D eigenvalue weighted by Gasteiger charge is -2.10. The first-order valence-corrected chi connectivity index (χ1v) is 7.87. The van der Waals surface area contributed by atoms with Crippen molar-refractivity contribution in [3.8, 4) is 16.9 Å². The molecule has 0 spiro atoms. The number of hydrogen-bond acceptors (Lipinski definition) is 6. The molecule has 0 aliphatic heterocycles. The molecule has 0 fully saturated rings. The number of carbonyl (C=O) groups is 1. The number of aliphatic hydroxyl groups is 1. The van der Waals surface area contributed by atoms with Crippen molar-refractivity contribution in [1.29, 1.82) is 0 Å². The second-order valence-electron chi connectivity index (χ2n) is 5.32. The smallest absolute Gasteiger partial charge is 0.343 e. The zero-order valence-electron chi connectivity index (χ0n) is 14.8. The average molecular weight is 356 g/mol. The highest BCUT2D eigenvalue weighted by Crippen LogP contribution is 2.31. The van der Waals surface area contributed by atoms with Crippen LogP contribution in [-0.4, -0.2) is 31.9 Å². The average Bonchev–Trinajstić information content (AvgIpc) is 2.67. The summed E-state index contributed by atoms with van der Waals surface area (Å²) < 4.78 is 15.2. The Balaban J connectivity index is 0.00000117. The Morgan fingerprint density at radius 2 is 1.81 bits per heavy atom. The minimum Gasteiger partial charge on any atom is -0.482 e. The zero-order valence-corrected chi connectivity index (χ0v) is 14.8. The molecule has 0 atom stereocenters. The molecule has 0 aliphatic rings. The number of rotatable bonds is 4. The molecule has 0 radical (unpaired) electrons. The van der Waals surface area contributed by atoms with Crippen LogP contribution in [0.25, 0.3) is 22.1 Å². The van der Waals surface area contributed by atoms with Gasteiger partial charge in [0.2, 0.25) is 0 Å². The third kappa shape index (κ3) is 4.29. The SMILES string of the molecule is CO.COC(=O)COc1ccc2c(-c3ccccc3C)cc(=O)oc2c1. The van der Waals surface area contributed by atoms with Crippen LogP contribution < -0.4 is 10.4 Å². The van der Waals surface area contributed by atoms with E-state index in [1.54, 1.807) is 12.1 Å². The minimum absolute atomic E-state index is 0.205.